The van der Waals surface area contributed by atoms with E-state index in [1.165, 1.54) is 0 Å². The second-order valence-electron chi connectivity index (χ2n) is 8.03. The van der Waals surface area contributed by atoms with Gasteiger partial charge in [-0.2, -0.15) is 13.2 Å². The molecule has 1 saturated carbocycles. The Morgan fingerprint density at radius 1 is 1.13 bits per heavy atom. The van der Waals surface area contributed by atoms with Crippen molar-refractivity contribution in [1.82, 2.24) is 9.88 Å². The highest BCUT2D eigenvalue weighted by Crippen LogP contribution is 2.42. The van der Waals surface area contributed by atoms with Gasteiger partial charge < -0.3 is 9.84 Å². The van der Waals surface area contributed by atoms with E-state index in [2.05, 4.69) is 4.98 Å². The zero-order valence-electron chi connectivity index (χ0n) is 16.4. The molecule has 4 rings (SSSR count). The van der Waals surface area contributed by atoms with Crippen LogP contribution in [-0.4, -0.2) is 34.0 Å². The number of aromatic nitrogens is 1. The van der Waals surface area contributed by atoms with Gasteiger partial charge in [-0.3, -0.25) is 9.69 Å². The lowest BCUT2D eigenvalue weighted by Crippen LogP contribution is -2.49. The average Bonchev–Trinajstić information content (AvgIpc) is 2.62. The summed E-state index contributed by atoms with van der Waals surface area (Å²) in [4.78, 5) is 16.7. The van der Waals surface area contributed by atoms with Crippen LogP contribution in [0.5, 0.6) is 5.75 Å². The zero-order chi connectivity index (χ0) is 21.3. The second kappa shape index (κ2) is 8.26. The van der Waals surface area contributed by atoms with Crippen molar-refractivity contribution in [3.8, 4) is 5.75 Å². The van der Waals surface area contributed by atoms with E-state index in [9.17, 15) is 18.0 Å². The molecular formula is C22H23F3N2O3. The van der Waals surface area contributed by atoms with Crippen LogP contribution >= 0.6 is 0 Å². The van der Waals surface area contributed by atoms with E-state index in [-0.39, 0.29) is 29.7 Å². The predicted octanol–water partition coefficient (Wildman–Crippen LogP) is 4.46. The molecular weight excluding hydrogens is 397 g/mol. The summed E-state index contributed by atoms with van der Waals surface area (Å²) in [5.41, 5.74) is 0.763. The van der Waals surface area contributed by atoms with E-state index in [0.29, 0.717) is 25.4 Å². The molecule has 2 heterocycles. The molecule has 1 N–H and O–H groups in total. The van der Waals surface area contributed by atoms with Crippen molar-refractivity contribution in [3.63, 3.8) is 0 Å². The Morgan fingerprint density at radius 2 is 1.83 bits per heavy atom. The smallest absolute Gasteiger partial charge is 0.433 e. The molecule has 1 aliphatic heterocycles. The third kappa shape index (κ3) is 4.59. The van der Waals surface area contributed by atoms with Crippen LogP contribution in [0.3, 0.4) is 0 Å². The number of rotatable bonds is 7. The Bertz CT molecular complexity index is 905. The maximum atomic E-state index is 13.4. The molecule has 1 aliphatic carbocycles. The Hall–Kier alpha value is -2.61. The van der Waals surface area contributed by atoms with Crippen molar-refractivity contribution in [1.29, 1.82) is 0 Å². The fourth-order valence-electron chi connectivity index (χ4n) is 3.83. The van der Waals surface area contributed by atoms with Gasteiger partial charge in [0.1, 0.15) is 18.1 Å². The molecule has 2 aliphatic rings. The molecule has 1 aromatic heterocycles. The van der Waals surface area contributed by atoms with E-state index in [1.807, 2.05) is 17.0 Å². The minimum absolute atomic E-state index is 0.0419. The number of carboxylic acids is 1. The number of carbonyl (C=O) groups is 1. The van der Waals surface area contributed by atoms with Crippen molar-refractivity contribution in [2.75, 3.05) is 13.1 Å². The highest BCUT2D eigenvalue weighted by atomic mass is 19.4. The van der Waals surface area contributed by atoms with Crippen LogP contribution in [0.15, 0.2) is 36.4 Å². The minimum atomic E-state index is -4.47. The predicted molar refractivity (Wildman–Crippen MR) is 103 cm³/mol. The number of aliphatic carboxylic acids is 1. The summed E-state index contributed by atoms with van der Waals surface area (Å²) in [6.07, 6.45) is -1.96. The lowest BCUT2D eigenvalue weighted by Gasteiger charge is -2.36. The number of carboxylic acid groups (broad SMARTS) is 1. The lowest BCUT2D eigenvalue weighted by atomic mass is 9.79. The molecule has 1 aromatic carbocycles. The Morgan fingerprint density at radius 3 is 2.40 bits per heavy atom. The molecule has 2 aromatic rings. The van der Waals surface area contributed by atoms with Crippen LogP contribution in [-0.2, 0) is 24.1 Å². The van der Waals surface area contributed by atoms with E-state index in [1.54, 1.807) is 24.3 Å². The minimum Gasteiger partial charge on any atom is -0.487 e. The number of nitrogens with zero attached hydrogens (tertiary/aromatic N) is 2. The summed E-state index contributed by atoms with van der Waals surface area (Å²) in [6, 6.07) is 10.4. The van der Waals surface area contributed by atoms with Crippen LogP contribution < -0.4 is 4.74 Å². The summed E-state index contributed by atoms with van der Waals surface area (Å²) in [7, 11) is 0. The monoisotopic (exact) mass is 420 g/mol. The maximum absolute atomic E-state index is 13.4. The number of benzene rings is 1. The number of hydrogen-bond acceptors (Lipinski definition) is 4. The van der Waals surface area contributed by atoms with Crippen molar-refractivity contribution in [2.45, 2.75) is 44.5 Å². The number of likely N-dealkylation sites (tertiary alicyclic amines) is 1. The summed E-state index contributed by atoms with van der Waals surface area (Å²) in [5.74, 6) is -0.562. The summed E-state index contributed by atoms with van der Waals surface area (Å²) in [5, 5.41) is 8.92. The van der Waals surface area contributed by atoms with E-state index in [4.69, 9.17) is 9.84 Å². The SMILES string of the molecule is O=C(O)C1CN(Cc2ccc(OCc3ccc(C4CCC4)c(C(F)(F)F)n3)cc2)C1. The third-order valence-corrected chi connectivity index (χ3v) is 5.82. The quantitative estimate of drug-likeness (QED) is 0.717. The molecule has 5 nitrogen and oxygen atoms in total. The van der Waals surface area contributed by atoms with Crippen molar-refractivity contribution in [2.24, 2.45) is 5.92 Å². The molecule has 0 radical (unpaired) electrons. The second-order valence-corrected chi connectivity index (χ2v) is 8.03. The van der Waals surface area contributed by atoms with Gasteiger partial charge in [0.25, 0.3) is 0 Å². The van der Waals surface area contributed by atoms with Gasteiger partial charge in [0, 0.05) is 19.6 Å². The standard InChI is InChI=1S/C22H23F3N2O3/c23-22(24,25)20-19(15-2-1-3-15)9-6-17(26-20)13-30-18-7-4-14(5-8-18)10-27-11-16(12-27)21(28)29/h4-9,15-16H,1-3,10-13H2,(H,28,29). The highest BCUT2D eigenvalue weighted by Gasteiger charge is 2.38. The van der Waals surface area contributed by atoms with Crippen LogP contribution in [0.2, 0.25) is 0 Å². The molecule has 2 fully saturated rings. The fourth-order valence-corrected chi connectivity index (χ4v) is 3.83. The van der Waals surface area contributed by atoms with Crippen LogP contribution in [0.1, 0.15) is 47.7 Å². The number of ether oxygens (including phenoxy) is 1. The topological polar surface area (TPSA) is 62.7 Å². The number of halogens is 3. The van der Waals surface area contributed by atoms with Crippen molar-refractivity contribution < 1.29 is 27.8 Å². The van der Waals surface area contributed by atoms with Crippen LogP contribution in [0.25, 0.3) is 0 Å². The molecule has 0 atom stereocenters. The van der Waals surface area contributed by atoms with E-state index < -0.39 is 17.8 Å². The normalized spacial score (nSPS) is 18.0. The Balaban J connectivity index is 1.35. The van der Waals surface area contributed by atoms with Crippen molar-refractivity contribution >= 4 is 5.97 Å². The highest BCUT2D eigenvalue weighted by molar-refractivity contribution is 5.71. The third-order valence-electron chi connectivity index (χ3n) is 5.82. The number of hydrogen-bond donors (Lipinski definition) is 1. The van der Waals surface area contributed by atoms with Gasteiger partial charge in [0.15, 0.2) is 0 Å². The van der Waals surface area contributed by atoms with E-state index >= 15 is 0 Å². The molecule has 30 heavy (non-hydrogen) atoms. The lowest BCUT2D eigenvalue weighted by molar-refractivity contribution is -0.147. The molecule has 0 bridgehead atoms. The molecule has 160 valence electrons. The van der Waals surface area contributed by atoms with Crippen molar-refractivity contribution in [3.05, 3.63) is 58.9 Å². The first-order valence-electron chi connectivity index (χ1n) is 10.0. The van der Waals surface area contributed by atoms with Gasteiger partial charge in [-0.25, -0.2) is 4.98 Å². The van der Waals surface area contributed by atoms with Gasteiger partial charge >= 0.3 is 12.1 Å². The molecule has 8 heteroatoms. The van der Waals surface area contributed by atoms with Gasteiger partial charge in [0.05, 0.1) is 11.6 Å². The fraction of sp³-hybridized carbons (Fsp3) is 0.455. The maximum Gasteiger partial charge on any atom is 0.433 e. The van der Waals surface area contributed by atoms with Gasteiger partial charge in [-0.15, -0.1) is 0 Å². The van der Waals surface area contributed by atoms with Gasteiger partial charge in [-0.05, 0) is 48.1 Å². The number of alkyl halides is 3. The average molecular weight is 420 g/mol. The molecule has 0 unspecified atom stereocenters. The Labute approximate surface area is 172 Å². The first-order valence-corrected chi connectivity index (χ1v) is 10.0. The zero-order valence-corrected chi connectivity index (χ0v) is 16.4. The molecule has 0 amide bonds. The Kier molecular flexibility index (Phi) is 5.69. The van der Waals surface area contributed by atoms with Crippen LogP contribution in [0.4, 0.5) is 13.2 Å². The summed E-state index contributed by atoms with van der Waals surface area (Å²) < 4.78 is 45.9. The summed E-state index contributed by atoms with van der Waals surface area (Å²) >= 11 is 0. The first-order chi connectivity index (χ1) is 14.3. The largest absolute Gasteiger partial charge is 0.487 e. The number of pyridine rings is 1. The van der Waals surface area contributed by atoms with E-state index in [0.717, 1.165) is 24.8 Å². The summed E-state index contributed by atoms with van der Waals surface area (Å²) in [6.45, 7) is 1.69. The first kappa shape index (κ1) is 20.7. The van der Waals surface area contributed by atoms with Gasteiger partial charge in [0.2, 0.25) is 0 Å². The van der Waals surface area contributed by atoms with Crippen LogP contribution in [0, 0.1) is 5.92 Å². The van der Waals surface area contributed by atoms with Gasteiger partial charge in [-0.1, -0.05) is 24.6 Å². The molecule has 0 spiro atoms. The molecule has 1 saturated heterocycles.